The summed E-state index contributed by atoms with van der Waals surface area (Å²) < 4.78 is 4.70. The van der Waals surface area contributed by atoms with Crippen LogP contribution in [0.15, 0.2) is 42.5 Å². The first-order chi connectivity index (χ1) is 12.0. The molecule has 0 amide bonds. The van der Waals surface area contributed by atoms with Crippen molar-refractivity contribution in [1.82, 2.24) is 5.32 Å². The topological polar surface area (TPSA) is 50.4 Å². The molecule has 0 aromatic heterocycles. The van der Waals surface area contributed by atoms with Crippen molar-refractivity contribution in [3.05, 3.63) is 63.6 Å². The van der Waals surface area contributed by atoms with E-state index in [0.29, 0.717) is 27.9 Å². The number of rotatable bonds is 6. The van der Waals surface area contributed by atoms with Crippen molar-refractivity contribution < 1.29 is 9.53 Å². The fraction of sp³-hybridized carbons (Fsp3) is 0.222. The fourth-order valence-corrected chi connectivity index (χ4v) is 2.68. The first kappa shape index (κ1) is 19.5. The maximum atomic E-state index is 11.6. The van der Waals surface area contributed by atoms with E-state index in [1.165, 1.54) is 12.7 Å². The SMILES string of the molecule is COC(=O)c1ccc(Cl)c(NC(=S)NCCCc2ccc(Cl)cc2)c1. The van der Waals surface area contributed by atoms with Crippen molar-refractivity contribution in [2.24, 2.45) is 0 Å². The molecule has 2 N–H and O–H groups in total. The highest BCUT2D eigenvalue weighted by Gasteiger charge is 2.09. The minimum atomic E-state index is -0.429. The van der Waals surface area contributed by atoms with Gasteiger partial charge in [0, 0.05) is 11.6 Å². The molecule has 0 fully saturated rings. The van der Waals surface area contributed by atoms with Gasteiger partial charge in [0.25, 0.3) is 0 Å². The van der Waals surface area contributed by atoms with Crippen molar-refractivity contribution in [3.63, 3.8) is 0 Å². The number of hydrogen-bond acceptors (Lipinski definition) is 3. The number of thiocarbonyl (C=S) groups is 1. The second-order valence-electron chi connectivity index (χ2n) is 5.30. The summed E-state index contributed by atoms with van der Waals surface area (Å²) in [5, 5.41) is 7.77. The molecule has 2 aromatic rings. The zero-order valence-electron chi connectivity index (χ0n) is 13.6. The lowest BCUT2D eigenvalue weighted by Crippen LogP contribution is -2.29. The minimum Gasteiger partial charge on any atom is -0.465 e. The van der Waals surface area contributed by atoms with Gasteiger partial charge in [-0.2, -0.15) is 0 Å². The molecule has 0 spiro atoms. The molecule has 0 heterocycles. The van der Waals surface area contributed by atoms with Crippen molar-refractivity contribution in [3.8, 4) is 0 Å². The third kappa shape index (κ3) is 6.20. The molecular formula is C18H18Cl2N2O2S. The van der Waals surface area contributed by atoms with E-state index in [1.807, 2.05) is 24.3 Å². The zero-order chi connectivity index (χ0) is 18.2. The number of aryl methyl sites for hydroxylation is 1. The molecule has 0 radical (unpaired) electrons. The summed E-state index contributed by atoms with van der Waals surface area (Å²) in [6.45, 7) is 0.711. The summed E-state index contributed by atoms with van der Waals surface area (Å²) in [5.41, 5.74) is 2.18. The Balaban J connectivity index is 1.81. The van der Waals surface area contributed by atoms with Gasteiger partial charge in [0.15, 0.2) is 5.11 Å². The summed E-state index contributed by atoms with van der Waals surface area (Å²) >= 11 is 17.3. The molecular weight excluding hydrogens is 379 g/mol. The van der Waals surface area contributed by atoms with E-state index in [2.05, 4.69) is 10.6 Å². The molecule has 132 valence electrons. The number of esters is 1. The predicted octanol–water partition coefficient (Wildman–Crippen LogP) is 4.70. The summed E-state index contributed by atoms with van der Waals surface area (Å²) in [5.74, 6) is -0.429. The molecule has 7 heteroatoms. The molecule has 0 aliphatic heterocycles. The maximum absolute atomic E-state index is 11.6. The van der Waals surface area contributed by atoms with Crippen LogP contribution in [0.4, 0.5) is 5.69 Å². The highest BCUT2D eigenvalue weighted by Crippen LogP contribution is 2.23. The van der Waals surface area contributed by atoms with E-state index in [9.17, 15) is 4.79 Å². The number of halogens is 2. The Hall–Kier alpha value is -1.82. The first-order valence-corrected chi connectivity index (χ1v) is 8.83. The lowest BCUT2D eigenvalue weighted by Gasteiger charge is -2.12. The van der Waals surface area contributed by atoms with E-state index < -0.39 is 5.97 Å². The van der Waals surface area contributed by atoms with E-state index >= 15 is 0 Å². The van der Waals surface area contributed by atoms with E-state index in [4.69, 9.17) is 40.2 Å². The van der Waals surface area contributed by atoms with Gasteiger partial charge in [-0.1, -0.05) is 35.3 Å². The maximum Gasteiger partial charge on any atom is 0.337 e. The third-order valence-corrected chi connectivity index (χ3v) is 4.30. The largest absolute Gasteiger partial charge is 0.465 e. The van der Waals surface area contributed by atoms with Crippen molar-refractivity contribution in [1.29, 1.82) is 0 Å². The molecule has 0 atom stereocenters. The normalized spacial score (nSPS) is 10.2. The lowest BCUT2D eigenvalue weighted by atomic mass is 10.1. The van der Waals surface area contributed by atoms with Crippen LogP contribution in [0.25, 0.3) is 0 Å². The van der Waals surface area contributed by atoms with Crippen LogP contribution in [0.5, 0.6) is 0 Å². The molecule has 0 aliphatic rings. The molecule has 0 saturated heterocycles. The Kier molecular flexibility index (Phi) is 7.50. The number of methoxy groups -OCH3 is 1. The number of benzene rings is 2. The second-order valence-corrected chi connectivity index (χ2v) is 6.55. The first-order valence-electron chi connectivity index (χ1n) is 7.67. The van der Waals surface area contributed by atoms with Crippen LogP contribution in [0, 0.1) is 0 Å². The molecule has 4 nitrogen and oxygen atoms in total. The number of nitrogens with one attached hydrogen (secondary N) is 2. The molecule has 2 rings (SSSR count). The van der Waals surface area contributed by atoms with E-state index in [1.54, 1.807) is 18.2 Å². The highest BCUT2D eigenvalue weighted by molar-refractivity contribution is 7.80. The summed E-state index contributed by atoms with van der Waals surface area (Å²) in [6, 6.07) is 12.6. The van der Waals surface area contributed by atoms with Crippen LogP contribution >= 0.6 is 35.4 Å². The van der Waals surface area contributed by atoms with E-state index in [-0.39, 0.29) is 0 Å². The highest BCUT2D eigenvalue weighted by atomic mass is 35.5. The Bertz CT molecular complexity index is 751. The minimum absolute atomic E-state index is 0.403. The number of carbonyl (C=O) groups is 1. The Labute approximate surface area is 162 Å². The smallest absolute Gasteiger partial charge is 0.337 e. The van der Waals surface area contributed by atoms with Crippen molar-refractivity contribution in [2.75, 3.05) is 19.0 Å². The second kappa shape index (κ2) is 9.61. The monoisotopic (exact) mass is 396 g/mol. The molecule has 2 aromatic carbocycles. The predicted molar refractivity (Wildman–Crippen MR) is 107 cm³/mol. The average molecular weight is 397 g/mol. The van der Waals surface area contributed by atoms with Gasteiger partial charge in [-0.3, -0.25) is 0 Å². The molecule has 0 aliphatic carbocycles. The quantitative estimate of drug-likeness (QED) is 0.421. The summed E-state index contributed by atoms with van der Waals surface area (Å²) in [7, 11) is 1.33. The van der Waals surface area contributed by atoms with Gasteiger partial charge >= 0.3 is 5.97 Å². The van der Waals surface area contributed by atoms with Crippen LogP contribution in [-0.2, 0) is 11.2 Å². The van der Waals surface area contributed by atoms with Crippen LogP contribution in [0.3, 0.4) is 0 Å². The Morgan fingerprint density at radius 3 is 2.56 bits per heavy atom. The summed E-state index contributed by atoms with van der Waals surface area (Å²) in [4.78, 5) is 11.6. The average Bonchev–Trinajstić information content (AvgIpc) is 2.61. The molecule has 0 bridgehead atoms. The van der Waals surface area contributed by atoms with Gasteiger partial charge in [-0.15, -0.1) is 0 Å². The Morgan fingerprint density at radius 1 is 1.16 bits per heavy atom. The van der Waals surface area contributed by atoms with Crippen molar-refractivity contribution >= 4 is 52.2 Å². The fourth-order valence-electron chi connectivity index (χ4n) is 2.18. The molecule has 0 saturated carbocycles. The number of carbonyl (C=O) groups excluding carboxylic acids is 1. The number of hydrogen-bond donors (Lipinski definition) is 2. The molecule has 0 unspecified atom stereocenters. The lowest BCUT2D eigenvalue weighted by molar-refractivity contribution is 0.0601. The standard InChI is InChI=1S/C18H18Cl2N2O2S/c1-24-17(23)13-6-9-15(20)16(11-13)22-18(25)21-10-2-3-12-4-7-14(19)8-5-12/h4-9,11H,2-3,10H2,1H3,(H2,21,22,25). The number of ether oxygens (including phenoxy) is 1. The van der Waals surface area contributed by atoms with Gasteiger partial charge in [-0.25, -0.2) is 4.79 Å². The van der Waals surface area contributed by atoms with Crippen LogP contribution in [0.1, 0.15) is 22.3 Å². The van der Waals surface area contributed by atoms with Crippen molar-refractivity contribution in [2.45, 2.75) is 12.8 Å². The van der Waals surface area contributed by atoms with Crippen LogP contribution in [-0.4, -0.2) is 24.7 Å². The van der Waals surface area contributed by atoms with E-state index in [0.717, 1.165) is 17.9 Å². The van der Waals surface area contributed by atoms with Crippen LogP contribution in [0.2, 0.25) is 10.0 Å². The zero-order valence-corrected chi connectivity index (χ0v) is 16.0. The van der Waals surface area contributed by atoms with Gasteiger partial charge in [-0.05, 0) is 61.0 Å². The van der Waals surface area contributed by atoms with Gasteiger partial charge in [0.1, 0.15) is 0 Å². The summed E-state index contributed by atoms with van der Waals surface area (Å²) in [6.07, 6.45) is 1.84. The third-order valence-electron chi connectivity index (χ3n) is 3.48. The Morgan fingerprint density at radius 2 is 1.88 bits per heavy atom. The van der Waals surface area contributed by atoms with Gasteiger partial charge in [0.2, 0.25) is 0 Å². The number of anilines is 1. The van der Waals surface area contributed by atoms with Gasteiger partial charge in [0.05, 0.1) is 23.4 Å². The molecule has 25 heavy (non-hydrogen) atoms. The van der Waals surface area contributed by atoms with Crippen LogP contribution < -0.4 is 10.6 Å². The van der Waals surface area contributed by atoms with Gasteiger partial charge < -0.3 is 15.4 Å².